The molecule has 39 heavy (non-hydrogen) atoms. The number of carboxylic acid groups (broad SMARTS) is 1. The van der Waals surface area contributed by atoms with Crippen LogP contribution in [0, 0.1) is 5.92 Å². The van der Waals surface area contributed by atoms with Crippen molar-refractivity contribution in [3.63, 3.8) is 0 Å². The Morgan fingerprint density at radius 3 is 2.41 bits per heavy atom. The quantitative estimate of drug-likeness (QED) is 0.575. The van der Waals surface area contributed by atoms with Crippen LogP contribution < -0.4 is 9.47 Å². The van der Waals surface area contributed by atoms with Crippen molar-refractivity contribution >= 4 is 22.6 Å². The Hall–Kier alpha value is -3.15. The Labute approximate surface area is 230 Å². The second-order valence-corrected chi connectivity index (χ2v) is 12.2. The van der Waals surface area contributed by atoms with Gasteiger partial charge < -0.3 is 19.5 Å². The SMILES string of the molecule is CN(C)S(=O)(=O)N1CCCOc2cccc(c2)C2c3ccc(cc3CCN2C(=O)C2CCC2)OCC1.O=CO. The number of hydrogen-bond donors (Lipinski definition) is 1. The smallest absolute Gasteiger partial charge is 0.290 e. The molecule has 1 atom stereocenters. The fourth-order valence-electron chi connectivity index (χ4n) is 5.22. The van der Waals surface area contributed by atoms with Crippen LogP contribution in [0.5, 0.6) is 11.5 Å². The van der Waals surface area contributed by atoms with Gasteiger partial charge in [-0.25, -0.2) is 0 Å². The maximum Gasteiger partial charge on any atom is 0.290 e. The molecule has 1 aliphatic carbocycles. The molecule has 1 N–H and O–H groups in total. The molecule has 0 saturated heterocycles. The van der Waals surface area contributed by atoms with E-state index in [4.69, 9.17) is 19.4 Å². The van der Waals surface area contributed by atoms with Crippen LogP contribution in [0.1, 0.15) is 48.4 Å². The van der Waals surface area contributed by atoms with Crippen molar-refractivity contribution in [3.8, 4) is 11.5 Å². The first kappa shape index (κ1) is 28.8. The molecule has 6 bridgehead atoms. The second-order valence-electron chi connectivity index (χ2n) is 10.1. The predicted octanol–water partition coefficient (Wildman–Crippen LogP) is 2.93. The van der Waals surface area contributed by atoms with E-state index in [0.717, 1.165) is 53.9 Å². The summed E-state index contributed by atoms with van der Waals surface area (Å²) in [7, 11) is -0.497. The number of carbonyl (C=O) groups excluding carboxylic acids is 1. The molecule has 3 aliphatic heterocycles. The van der Waals surface area contributed by atoms with Gasteiger partial charge in [-0.15, -0.1) is 0 Å². The third-order valence-electron chi connectivity index (χ3n) is 7.47. The predicted molar refractivity (Wildman–Crippen MR) is 146 cm³/mol. The zero-order chi connectivity index (χ0) is 28.0. The summed E-state index contributed by atoms with van der Waals surface area (Å²) in [5.41, 5.74) is 3.30. The number of ether oxygens (including phenoxy) is 2. The van der Waals surface area contributed by atoms with Crippen LogP contribution in [0.3, 0.4) is 0 Å². The van der Waals surface area contributed by atoms with Crippen molar-refractivity contribution in [1.82, 2.24) is 13.5 Å². The van der Waals surface area contributed by atoms with Gasteiger partial charge in [-0.05, 0) is 66.6 Å². The Kier molecular flexibility index (Phi) is 9.47. The summed E-state index contributed by atoms with van der Waals surface area (Å²) in [6.45, 7) is 1.63. The highest BCUT2D eigenvalue weighted by Gasteiger charge is 2.37. The van der Waals surface area contributed by atoms with Crippen LogP contribution in [-0.2, 0) is 26.2 Å². The summed E-state index contributed by atoms with van der Waals surface area (Å²) in [6.07, 6.45) is 4.39. The molecule has 10 nitrogen and oxygen atoms in total. The van der Waals surface area contributed by atoms with E-state index < -0.39 is 10.2 Å². The number of carbonyl (C=O) groups is 2. The lowest BCUT2D eigenvalue weighted by atomic mass is 9.81. The van der Waals surface area contributed by atoms with E-state index in [2.05, 4.69) is 17.0 Å². The third-order valence-corrected chi connectivity index (χ3v) is 9.41. The van der Waals surface area contributed by atoms with Gasteiger partial charge in [0.25, 0.3) is 16.7 Å². The molecular weight excluding hydrogens is 522 g/mol. The highest BCUT2D eigenvalue weighted by molar-refractivity contribution is 7.86. The number of hydrogen-bond acceptors (Lipinski definition) is 6. The number of benzene rings is 2. The summed E-state index contributed by atoms with van der Waals surface area (Å²) in [6, 6.07) is 13.8. The summed E-state index contributed by atoms with van der Waals surface area (Å²) in [5.74, 6) is 1.83. The van der Waals surface area contributed by atoms with Crippen LogP contribution in [0.2, 0.25) is 0 Å². The molecule has 212 valence electrons. The first-order valence-electron chi connectivity index (χ1n) is 13.3. The molecule has 0 aromatic heterocycles. The van der Waals surface area contributed by atoms with Crippen molar-refractivity contribution in [2.75, 3.05) is 46.9 Å². The number of nitrogens with zero attached hydrogens (tertiary/aromatic N) is 3. The average molecular weight is 560 g/mol. The molecule has 6 rings (SSSR count). The first-order chi connectivity index (χ1) is 18.8. The van der Waals surface area contributed by atoms with Crippen molar-refractivity contribution < 1.29 is 32.6 Å². The standard InChI is InChI=1S/C27H35N3O5S.CH2O2/c1-28(2)36(32,33)29-13-5-16-34-23-9-4-8-22(19-23)26-25-11-10-24(35-17-15-29)18-21(25)12-14-30(26)27(31)20-6-3-7-20;2-1-3/h4,8-11,18-20,26H,3,5-7,12-17H2,1-2H3;1H,(H,2,3). The van der Waals surface area contributed by atoms with Gasteiger partial charge in [-0.1, -0.05) is 24.6 Å². The Bertz CT molecular complexity index is 1260. The van der Waals surface area contributed by atoms with E-state index in [0.29, 0.717) is 26.1 Å². The van der Waals surface area contributed by atoms with Crippen LogP contribution in [-0.4, -0.2) is 86.4 Å². The Morgan fingerprint density at radius 1 is 1.00 bits per heavy atom. The van der Waals surface area contributed by atoms with Crippen molar-refractivity contribution in [2.45, 2.75) is 38.1 Å². The van der Waals surface area contributed by atoms with E-state index in [-0.39, 0.29) is 37.5 Å². The number of rotatable bonds is 3. The van der Waals surface area contributed by atoms with E-state index in [1.54, 1.807) is 0 Å². The average Bonchev–Trinajstić information content (AvgIpc) is 2.88. The van der Waals surface area contributed by atoms with E-state index >= 15 is 0 Å². The maximum atomic E-state index is 13.4. The Morgan fingerprint density at radius 2 is 1.72 bits per heavy atom. The van der Waals surface area contributed by atoms with E-state index in [9.17, 15) is 13.2 Å². The van der Waals surface area contributed by atoms with Crippen molar-refractivity contribution in [3.05, 3.63) is 59.2 Å². The van der Waals surface area contributed by atoms with Gasteiger partial charge in [0.1, 0.15) is 18.1 Å². The van der Waals surface area contributed by atoms with Crippen LogP contribution in [0.4, 0.5) is 0 Å². The van der Waals surface area contributed by atoms with Crippen LogP contribution in [0.25, 0.3) is 0 Å². The molecule has 1 unspecified atom stereocenters. The maximum absolute atomic E-state index is 13.4. The number of fused-ring (bicyclic) bond motifs is 8. The topological polar surface area (TPSA) is 117 Å². The first-order valence-corrected chi connectivity index (χ1v) is 14.7. The summed E-state index contributed by atoms with van der Waals surface area (Å²) >= 11 is 0. The number of amides is 1. The molecule has 0 spiro atoms. The molecule has 2 aromatic rings. The van der Waals surface area contributed by atoms with Crippen molar-refractivity contribution in [2.24, 2.45) is 5.92 Å². The minimum atomic E-state index is -3.57. The van der Waals surface area contributed by atoms with Crippen molar-refractivity contribution in [1.29, 1.82) is 0 Å². The third kappa shape index (κ3) is 6.54. The minimum absolute atomic E-state index is 0.135. The highest BCUT2D eigenvalue weighted by atomic mass is 32.2. The monoisotopic (exact) mass is 559 g/mol. The van der Waals surface area contributed by atoms with Gasteiger partial charge in [0.05, 0.1) is 12.6 Å². The lowest BCUT2D eigenvalue weighted by Crippen LogP contribution is -2.45. The summed E-state index contributed by atoms with van der Waals surface area (Å²) < 4.78 is 40.4. The van der Waals surface area contributed by atoms with Gasteiger partial charge in [0.2, 0.25) is 5.91 Å². The molecule has 1 saturated carbocycles. The second kappa shape index (κ2) is 12.8. The van der Waals surface area contributed by atoms with Gasteiger partial charge >= 0.3 is 0 Å². The van der Waals surface area contributed by atoms with Gasteiger partial charge in [0, 0.05) is 39.6 Å². The lowest BCUT2D eigenvalue weighted by molar-refractivity contribution is -0.140. The fourth-order valence-corrected chi connectivity index (χ4v) is 6.35. The summed E-state index contributed by atoms with van der Waals surface area (Å²) in [4.78, 5) is 23.8. The van der Waals surface area contributed by atoms with Gasteiger partial charge in [-0.2, -0.15) is 17.0 Å². The fraction of sp³-hybridized carbons (Fsp3) is 0.500. The molecular formula is C28H37N3O7S. The van der Waals surface area contributed by atoms with E-state index in [1.807, 2.05) is 30.3 Å². The van der Waals surface area contributed by atoms with Crippen LogP contribution >= 0.6 is 0 Å². The zero-order valence-corrected chi connectivity index (χ0v) is 23.3. The van der Waals surface area contributed by atoms with Gasteiger partial charge in [0.15, 0.2) is 0 Å². The highest BCUT2D eigenvalue weighted by Crippen LogP contribution is 2.40. The molecule has 4 aliphatic rings. The van der Waals surface area contributed by atoms with Gasteiger partial charge in [-0.3, -0.25) is 9.59 Å². The lowest BCUT2D eigenvalue weighted by Gasteiger charge is -2.41. The van der Waals surface area contributed by atoms with Crippen LogP contribution in [0.15, 0.2) is 42.5 Å². The zero-order valence-electron chi connectivity index (χ0n) is 22.5. The molecule has 3 heterocycles. The summed E-state index contributed by atoms with van der Waals surface area (Å²) in [5, 5.41) is 6.89. The Balaban J connectivity index is 0.00000112. The molecule has 1 fully saturated rings. The molecule has 1 amide bonds. The normalized spacial score (nSPS) is 20.2. The molecule has 0 radical (unpaired) electrons. The molecule has 11 heteroatoms. The largest absolute Gasteiger partial charge is 0.494 e. The molecule has 2 aromatic carbocycles. The van der Waals surface area contributed by atoms with E-state index in [1.165, 1.54) is 22.7 Å². The minimum Gasteiger partial charge on any atom is -0.494 e.